The van der Waals surface area contributed by atoms with Crippen LogP contribution in [0.25, 0.3) is 0 Å². The van der Waals surface area contributed by atoms with Crippen molar-refractivity contribution in [3.63, 3.8) is 0 Å². The largest absolute Gasteiger partial charge is 0.444 e. The van der Waals surface area contributed by atoms with Crippen molar-refractivity contribution in [2.75, 3.05) is 0 Å². The minimum atomic E-state index is -0.611. The molecule has 5 nitrogen and oxygen atoms in total. The van der Waals surface area contributed by atoms with E-state index in [1.165, 1.54) is 5.56 Å². The van der Waals surface area contributed by atoms with Crippen molar-refractivity contribution in [3.05, 3.63) is 35.9 Å². The van der Waals surface area contributed by atoms with Crippen LogP contribution in [-0.4, -0.2) is 35.0 Å². The summed E-state index contributed by atoms with van der Waals surface area (Å²) in [6, 6.07) is 9.80. The van der Waals surface area contributed by atoms with Crippen LogP contribution >= 0.6 is 0 Å². The van der Waals surface area contributed by atoms with Crippen molar-refractivity contribution in [1.82, 2.24) is 10.6 Å². The van der Waals surface area contributed by atoms with Crippen LogP contribution in [0.15, 0.2) is 30.3 Å². The average molecular weight is 320 g/mol. The first-order valence-electron chi connectivity index (χ1n) is 8.30. The zero-order valence-corrected chi connectivity index (χ0v) is 14.2. The summed E-state index contributed by atoms with van der Waals surface area (Å²) >= 11 is 0. The molecule has 0 radical (unpaired) electrons. The smallest absolute Gasteiger partial charge is 0.407 e. The highest BCUT2D eigenvalue weighted by Gasteiger charge is 2.33. The number of hydrogen-bond donors (Lipinski definition) is 3. The first-order valence-corrected chi connectivity index (χ1v) is 8.30. The van der Waals surface area contributed by atoms with Gasteiger partial charge in [0.1, 0.15) is 5.60 Å². The topological polar surface area (TPSA) is 70.6 Å². The van der Waals surface area contributed by atoms with Crippen molar-refractivity contribution in [2.45, 2.75) is 70.4 Å². The molecule has 0 bridgehead atoms. The van der Waals surface area contributed by atoms with Crippen LogP contribution in [0, 0.1) is 0 Å². The van der Waals surface area contributed by atoms with Gasteiger partial charge in [-0.15, -0.1) is 0 Å². The average Bonchev–Trinajstić information content (AvgIpc) is 2.47. The highest BCUT2D eigenvalue weighted by atomic mass is 16.6. The van der Waals surface area contributed by atoms with Crippen LogP contribution in [0.2, 0.25) is 0 Å². The Labute approximate surface area is 138 Å². The van der Waals surface area contributed by atoms with Gasteiger partial charge < -0.3 is 20.5 Å². The lowest BCUT2D eigenvalue weighted by molar-refractivity contribution is 0.0270. The van der Waals surface area contributed by atoms with Gasteiger partial charge in [0.25, 0.3) is 0 Å². The molecule has 1 aliphatic carbocycles. The van der Waals surface area contributed by atoms with E-state index in [0.717, 1.165) is 19.3 Å². The van der Waals surface area contributed by atoms with Gasteiger partial charge in [-0.05, 0) is 45.6 Å². The summed E-state index contributed by atoms with van der Waals surface area (Å²) < 4.78 is 5.27. The molecule has 23 heavy (non-hydrogen) atoms. The van der Waals surface area contributed by atoms with Gasteiger partial charge in [0.05, 0.1) is 12.1 Å². The van der Waals surface area contributed by atoms with E-state index in [1.54, 1.807) is 0 Å². The molecule has 1 aromatic rings. The second kappa shape index (κ2) is 7.79. The Morgan fingerprint density at radius 3 is 2.52 bits per heavy atom. The first-order chi connectivity index (χ1) is 10.8. The Balaban J connectivity index is 1.85. The summed E-state index contributed by atoms with van der Waals surface area (Å²) in [5.74, 6) is 0. The SMILES string of the molecule is CC(C)(C)OC(=O)N[C@@H]1CCC[C@@H](NCc2ccccc2)C1O. The molecule has 3 atom stereocenters. The molecule has 1 amide bonds. The van der Waals surface area contributed by atoms with Gasteiger partial charge in [-0.2, -0.15) is 0 Å². The molecule has 5 heteroatoms. The van der Waals surface area contributed by atoms with Gasteiger partial charge in [-0.25, -0.2) is 4.79 Å². The molecule has 1 aliphatic rings. The van der Waals surface area contributed by atoms with Crippen LogP contribution < -0.4 is 10.6 Å². The van der Waals surface area contributed by atoms with Crippen molar-refractivity contribution in [3.8, 4) is 0 Å². The van der Waals surface area contributed by atoms with Crippen LogP contribution in [0.3, 0.4) is 0 Å². The number of ether oxygens (including phenoxy) is 1. The van der Waals surface area contributed by atoms with Crippen molar-refractivity contribution in [1.29, 1.82) is 0 Å². The standard InChI is InChI=1S/C18H28N2O3/c1-18(2,3)23-17(22)20-15-11-7-10-14(16(15)21)19-12-13-8-5-4-6-9-13/h4-6,8-9,14-16,19,21H,7,10-12H2,1-3H3,(H,20,22)/t14-,15-,16?/m1/s1. The zero-order chi connectivity index (χ0) is 16.9. The molecule has 3 N–H and O–H groups in total. The molecule has 1 fully saturated rings. The first kappa shape index (κ1) is 17.8. The number of aliphatic hydroxyl groups is 1. The highest BCUT2D eigenvalue weighted by Crippen LogP contribution is 2.20. The lowest BCUT2D eigenvalue weighted by Gasteiger charge is -2.36. The summed E-state index contributed by atoms with van der Waals surface area (Å²) in [6.45, 7) is 6.19. The van der Waals surface area contributed by atoms with E-state index in [4.69, 9.17) is 4.74 Å². The maximum absolute atomic E-state index is 11.9. The molecule has 0 spiro atoms. The predicted molar refractivity (Wildman–Crippen MR) is 90.1 cm³/mol. The Kier molecular flexibility index (Phi) is 6.02. The molecular weight excluding hydrogens is 292 g/mol. The van der Waals surface area contributed by atoms with Gasteiger partial charge in [-0.3, -0.25) is 0 Å². The Hall–Kier alpha value is -1.59. The zero-order valence-electron chi connectivity index (χ0n) is 14.2. The molecule has 1 saturated carbocycles. The number of hydrogen-bond acceptors (Lipinski definition) is 4. The number of benzene rings is 1. The van der Waals surface area contributed by atoms with Crippen LogP contribution in [0.5, 0.6) is 0 Å². The summed E-state index contributed by atoms with van der Waals surface area (Å²) in [5.41, 5.74) is 0.649. The number of carbonyl (C=O) groups excluding carboxylic acids is 1. The van der Waals surface area contributed by atoms with Gasteiger partial charge >= 0.3 is 6.09 Å². The highest BCUT2D eigenvalue weighted by molar-refractivity contribution is 5.68. The summed E-state index contributed by atoms with van der Waals surface area (Å²) in [5, 5.41) is 16.7. The minimum Gasteiger partial charge on any atom is -0.444 e. The van der Waals surface area contributed by atoms with E-state index >= 15 is 0 Å². The fraction of sp³-hybridized carbons (Fsp3) is 0.611. The second-order valence-electron chi connectivity index (χ2n) is 7.15. The minimum absolute atomic E-state index is 0.0242. The molecule has 0 heterocycles. The number of alkyl carbamates (subject to hydrolysis) is 1. The van der Waals surface area contributed by atoms with E-state index in [0.29, 0.717) is 6.54 Å². The lowest BCUT2D eigenvalue weighted by Crippen LogP contribution is -2.55. The molecule has 1 unspecified atom stereocenters. The molecule has 0 aliphatic heterocycles. The van der Waals surface area contributed by atoms with E-state index in [9.17, 15) is 9.90 Å². The second-order valence-corrected chi connectivity index (χ2v) is 7.15. The molecule has 0 aromatic heterocycles. The molecular formula is C18H28N2O3. The summed E-state index contributed by atoms with van der Waals surface area (Å²) in [4.78, 5) is 11.9. The van der Waals surface area contributed by atoms with Gasteiger partial charge in [0.2, 0.25) is 0 Å². The third-order valence-electron chi connectivity index (χ3n) is 3.97. The van der Waals surface area contributed by atoms with E-state index in [2.05, 4.69) is 22.8 Å². The lowest BCUT2D eigenvalue weighted by atomic mass is 9.88. The summed E-state index contributed by atoms with van der Waals surface area (Å²) in [6.07, 6.45) is 1.55. The Morgan fingerprint density at radius 1 is 1.22 bits per heavy atom. The molecule has 1 aromatic carbocycles. The van der Waals surface area contributed by atoms with Crippen LogP contribution in [0.4, 0.5) is 4.79 Å². The van der Waals surface area contributed by atoms with Gasteiger partial charge in [0.15, 0.2) is 0 Å². The monoisotopic (exact) mass is 320 g/mol. The number of rotatable bonds is 4. The van der Waals surface area contributed by atoms with Crippen LogP contribution in [0.1, 0.15) is 45.6 Å². The Bertz CT molecular complexity index is 499. The Morgan fingerprint density at radius 2 is 1.87 bits per heavy atom. The quantitative estimate of drug-likeness (QED) is 0.797. The van der Waals surface area contributed by atoms with Crippen molar-refractivity contribution < 1.29 is 14.6 Å². The fourth-order valence-corrected chi connectivity index (χ4v) is 2.86. The van der Waals surface area contributed by atoms with Gasteiger partial charge in [-0.1, -0.05) is 30.3 Å². The number of aliphatic hydroxyl groups excluding tert-OH is 1. The van der Waals surface area contributed by atoms with Gasteiger partial charge in [0, 0.05) is 12.6 Å². The molecule has 2 rings (SSSR count). The number of nitrogens with one attached hydrogen (secondary N) is 2. The fourth-order valence-electron chi connectivity index (χ4n) is 2.86. The van der Waals surface area contributed by atoms with E-state index in [1.807, 2.05) is 39.0 Å². The van der Waals surface area contributed by atoms with E-state index < -0.39 is 17.8 Å². The van der Waals surface area contributed by atoms with E-state index in [-0.39, 0.29) is 12.1 Å². The third kappa shape index (κ3) is 5.84. The van der Waals surface area contributed by atoms with Crippen LogP contribution in [-0.2, 0) is 11.3 Å². The summed E-state index contributed by atoms with van der Waals surface area (Å²) in [7, 11) is 0. The number of carbonyl (C=O) groups is 1. The predicted octanol–water partition coefficient (Wildman–Crippen LogP) is 2.58. The third-order valence-corrected chi connectivity index (χ3v) is 3.97. The van der Waals surface area contributed by atoms with Crippen molar-refractivity contribution >= 4 is 6.09 Å². The molecule has 0 saturated heterocycles. The number of amides is 1. The molecule has 128 valence electrons. The maximum atomic E-state index is 11.9. The normalized spacial score (nSPS) is 25.0. The van der Waals surface area contributed by atoms with Crippen molar-refractivity contribution in [2.24, 2.45) is 0 Å². The maximum Gasteiger partial charge on any atom is 0.407 e.